The maximum Gasteiger partial charge on any atom is 0.307 e. The highest BCUT2D eigenvalue weighted by molar-refractivity contribution is 7.16. The number of amides is 1. The van der Waals surface area contributed by atoms with Gasteiger partial charge in [-0.2, -0.15) is 0 Å². The molecule has 3 rings (SSSR count). The molecule has 2 N–H and O–H groups in total. The molecule has 2 aromatic heterocycles. The van der Waals surface area contributed by atoms with Crippen molar-refractivity contribution in [2.45, 2.75) is 19.4 Å². The fourth-order valence-electron chi connectivity index (χ4n) is 2.81. The van der Waals surface area contributed by atoms with E-state index in [1.165, 1.54) is 22.2 Å². The SMILES string of the molecule is O=C(CC(Cc1ccccc1)C(=O)O)NCCn1cnc2sccc2c1=O. The highest BCUT2D eigenvalue weighted by atomic mass is 32.1. The lowest BCUT2D eigenvalue weighted by atomic mass is 9.96. The lowest BCUT2D eigenvalue weighted by Crippen LogP contribution is -2.33. The first-order chi connectivity index (χ1) is 13.0. The molecule has 0 saturated carbocycles. The zero-order valence-corrected chi connectivity index (χ0v) is 15.3. The molecule has 3 aromatic rings. The van der Waals surface area contributed by atoms with Crippen molar-refractivity contribution in [3.63, 3.8) is 0 Å². The van der Waals surface area contributed by atoms with Crippen molar-refractivity contribution in [2.75, 3.05) is 6.54 Å². The third-order valence-corrected chi connectivity index (χ3v) is 5.05. The van der Waals surface area contributed by atoms with Crippen LogP contribution < -0.4 is 10.9 Å². The number of benzene rings is 1. The Hall–Kier alpha value is -3.00. The predicted octanol–water partition coefficient (Wildman–Crippen LogP) is 1.91. The number of nitrogens with zero attached hydrogens (tertiary/aromatic N) is 2. The number of rotatable bonds is 8. The standard InChI is InChI=1S/C19H19N3O4S/c23-16(11-14(19(25)26)10-13-4-2-1-3-5-13)20-7-8-22-12-21-17-15(18(22)24)6-9-27-17/h1-6,9,12,14H,7-8,10-11H2,(H,20,23)(H,25,26). The molecular formula is C19H19N3O4S. The number of hydrogen-bond donors (Lipinski definition) is 2. The number of aliphatic carboxylic acids is 1. The molecule has 0 aliphatic carbocycles. The van der Waals surface area contributed by atoms with Gasteiger partial charge in [-0.15, -0.1) is 11.3 Å². The number of nitrogens with one attached hydrogen (secondary N) is 1. The molecule has 0 radical (unpaired) electrons. The molecular weight excluding hydrogens is 366 g/mol. The number of aromatic nitrogens is 2. The van der Waals surface area contributed by atoms with E-state index in [4.69, 9.17) is 0 Å². The second-order valence-corrected chi connectivity index (χ2v) is 7.06. The van der Waals surface area contributed by atoms with Gasteiger partial charge in [0.2, 0.25) is 5.91 Å². The van der Waals surface area contributed by atoms with Gasteiger partial charge in [-0.1, -0.05) is 30.3 Å². The summed E-state index contributed by atoms with van der Waals surface area (Å²) in [6.45, 7) is 0.507. The van der Waals surface area contributed by atoms with E-state index in [1.807, 2.05) is 35.7 Å². The fraction of sp³-hybridized carbons (Fsp3) is 0.263. The molecule has 7 nitrogen and oxygen atoms in total. The molecule has 0 aliphatic heterocycles. The Morgan fingerprint density at radius 3 is 2.74 bits per heavy atom. The van der Waals surface area contributed by atoms with E-state index < -0.39 is 11.9 Å². The number of carbonyl (C=O) groups is 2. The number of hydrogen-bond acceptors (Lipinski definition) is 5. The average Bonchev–Trinajstić information content (AvgIpc) is 3.13. The molecule has 27 heavy (non-hydrogen) atoms. The van der Waals surface area contributed by atoms with E-state index >= 15 is 0 Å². The summed E-state index contributed by atoms with van der Waals surface area (Å²) in [5, 5.41) is 14.4. The van der Waals surface area contributed by atoms with Crippen LogP contribution in [0.15, 0.2) is 52.9 Å². The van der Waals surface area contributed by atoms with Crippen LogP contribution in [-0.2, 0) is 22.6 Å². The van der Waals surface area contributed by atoms with Crippen LogP contribution in [0.4, 0.5) is 0 Å². The molecule has 0 bridgehead atoms. The zero-order valence-electron chi connectivity index (χ0n) is 14.5. The summed E-state index contributed by atoms with van der Waals surface area (Å²) in [5.74, 6) is -2.15. The molecule has 0 fully saturated rings. The zero-order chi connectivity index (χ0) is 19.2. The van der Waals surface area contributed by atoms with Crippen LogP contribution in [0, 0.1) is 5.92 Å². The van der Waals surface area contributed by atoms with Crippen LogP contribution >= 0.6 is 11.3 Å². The highest BCUT2D eigenvalue weighted by Gasteiger charge is 2.21. The second-order valence-electron chi connectivity index (χ2n) is 6.16. The van der Waals surface area contributed by atoms with Gasteiger partial charge >= 0.3 is 5.97 Å². The Kier molecular flexibility index (Phi) is 5.97. The summed E-state index contributed by atoms with van der Waals surface area (Å²) in [6, 6.07) is 10.9. The molecule has 1 atom stereocenters. The monoisotopic (exact) mass is 385 g/mol. The van der Waals surface area contributed by atoms with Gasteiger partial charge in [0.1, 0.15) is 4.83 Å². The van der Waals surface area contributed by atoms with Gasteiger partial charge in [0.15, 0.2) is 0 Å². The normalized spacial score (nSPS) is 12.0. The van der Waals surface area contributed by atoms with Gasteiger partial charge in [0.25, 0.3) is 5.56 Å². The minimum absolute atomic E-state index is 0.110. The minimum atomic E-state index is -1.00. The van der Waals surface area contributed by atoms with Crippen molar-refractivity contribution in [3.8, 4) is 0 Å². The third-order valence-electron chi connectivity index (χ3n) is 4.23. The van der Waals surface area contributed by atoms with Crippen LogP contribution in [0.1, 0.15) is 12.0 Å². The number of carboxylic acids is 1. The maximum atomic E-state index is 12.3. The topological polar surface area (TPSA) is 101 Å². The van der Waals surface area contributed by atoms with Crippen LogP contribution in [0.2, 0.25) is 0 Å². The first-order valence-electron chi connectivity index (χ1n) is 8.50. The first kappa shape index (κ1) is 18.8. The van der Waals surface area contributed by atoms with E-state index in [0.29, 0.717) is 16.6 Å². The Morgan fingerprint density at radius 1 is 1.22 bits per heavy atom. The Bertz CT molecular complexity index is 997. The Labute approximate surface area is 159 Å². The van der Waals surface area contributed by atoms with Crippen molar-refractivity contribution < 1.29 is 14.7 Å². The second kappa shape index (κ2) is 8.59. The molecule has 8 heteroatoms. The molecule has 0 saturated heterocycles. The summed E-state index contributed by atoms with van der Waals surface area (Å²) >= 11 is 1.40. The van der Waals surface area contributed by atoms with Crippen molar-refractivity contribution in [1.29, 1.82) is 0 Å². The van der Waals surface area contributed by atoms with Crippen molar-refractivity contribution >= 4 is 33.4 Å². The smallest absolute Gasteiger partial charge is 0.307 e. The van der Waals surface area contributed by atoms with Gasteiger partial charge in [-0.25, -0.2) is 4.98 Å². The maximum absolute atomic E-state index is 12.3. The van der Waals surface area contributed by atoms with Crippen molar-refractivity contribution in [2.24, 2.45) is 5.92 Å². The van der Waals surface area contributed by atoms with Crippen LogP contribution in [0.25, 0.3) is 10.2 Å². The van der Waals surface area contributed by atoms with E-state index in [0.717, 1.165) is 5.56 Å². The quantitative estimate of drug-likeness (QED) is 0.617. The number of thiophene rings is 1. The van der Waals surface area contributed by atoms with Gasteiger partial charge in [0, 0.05) is 19.5 Å². The molecule has 1 unspecified atom stereocenters. The largest absolute Gasteiger partial charge is 0.481 e. The van der Waals surface area contributed by atoms with E-state index in [1.54, 1.807) is 6.07 Å². The van der Waals surface area contributed by atoms with Gasteiger partial charge in [-0.3, -0.25) is 19.0 Å². The third kappa shape index (κ3) is 4.79. The summed E-state index contributed by atoms with van der Waals surface area (Å²) in [4.78, 5) is 40.7. The molecule has 0 spiro atoms. The van der Waals surface area contributed by atoms with Gasteiger partial charge < -0.3 is 10.4 Å². The van der Waals surface area contributed by atoms with Crippen molar-refractivity contribution in [3.05, 3.63) is 64.0 Å². The summed E-state index contributed by atoms with van der Waals surface area (Å²) < 4.78 is 1.44. The van der Waals surface area contributed by atoms with E-state index in [-0.39, 0.29) is 31.0 Å². The predicted molar refractivity (Wildman–Crippen MR) is 103 cm³/mol. The van der Waals surface area contributed by atoms with Gasteiger partial charge in [0.05, 0.1) is 17.6 Å². The Morgan fingerprint density at radius 2 is 2.00 bits per heavy atom. The van der Waals surface area contributed by atoms with Gasteiger partial charge in [-0.05, 0) is 23.4 Å². The van der Waals surface area contributed by atoms with Crippen LogP contribution in [0.5, 0.6) is 0 Å². The molecule has 1 aromatic carbocycles. The van der Waals surface area contributed by atoms with Crippen molar-refractivity contribution in [1.82, 2.24) is 14.9 Å². The minimum Gasteiger partial charge on any atom is -0.481 e. The fourth-order valence-corrected chi connectivity index (χ4v) is 3.53. The first-order valence-corrected chi connectivity index (χ1v) is 9.38. The molecule has 2 heterocycles. The summed E-state index contributed by atoms with van der Waals surface area (Å²) in [6.07, 6.45) is 1.64. The summed E-state index contributed by atoms with van der Waals surface area (Å²) in [7, 11) is 0. The van der Waals surface area contributed by atoms with Crippen LogP contribution in [-0.4, -0.2) is 33.1 Å². The lowest BCUT2D eigenvalue weighted by molar-refractivity contribution is -0.144. The number of carbonyl (C=O) groups excluding carboxylic acids is 1. The van der Waals surface area contributed by atoms with E-state index in [2.05, 4.69) is 10.3 Å². The molecule has 1 amide bonds. The Balaban J connectivity index is 1.54. The van der Waals surface area contributed by atoms with E-state index in [9.17, 15) is 19.5 Å². The lowest BCUT2D eigenvalue weighted by Gasteiger charge is -2.13. The summed E-state index contributed by atoms with van der Waals surface area (Å²) in [5.41, 5.74) is 0.724. The number of fused-ring (bicyclic) bond motifs is 1. The molecule has 140 valence electrons. The van der Waals surface area contributed by atoms with Crippen LogP contribution in [0.3, 0.4) is 0 Å². The molecule has 0 aliphatic rings. The highest BCUT2D eigenvalue weighted by Crippen LogP contribution is 2.14. The average molecular weight is 385 g/mol. The number of carboxylic acid groups (broad SMARTS) is 1.